The molecule has 2 aromatic rings. The Balaban J connectivity index is 1.12. The van der Waals surface area contributed by atoms with Gasteiger partial charge in [-0.15, -0.1) is 0 Å². The van der Waals surface area contributed by atoms with Crippen LogP contribution in [-0.4, -0.2) is 18.6 Å². The summed E-state index contributed by atoms with van der Waals surface area (Å²) in [5.41, 5.74) is 2.74. The summed E-state index contributed by atoms with van der Waals surface area (Å²) >= 11 is 5.94. The Hall–Kier alpha value is -2.00. The first-order chi connectivity index (χ1) is 12.7. The number of rotatable bonds is 5. The number of halogens is 1. The van der Waals surface area contributed by atoms with Crippen LogP contribution in [0.1, 0.15) is 48.6 Å². The molecule has 0 radical (unpaired) electrons. The minimum absolute atomic E-state index is 0.0172. The highest BCUT2D eigenvalue weighted by atomic mass is 35.5. The van der Waals surface area contributed by atoms with Gasteiger partial charge >= 0.3 is 6.03 Å². The number of benzene rings is 2. The highest BCUT2D eigenvalue weighted by molar-refractivity contribution is 6.30. The molecule has 0 unspecified atom stereocenters. The summed E-state index contributed by atoms with van der Waals surface area (Å²) in [4.78, 5) is 12.1. The van der Waals surface area contributed by atoms with Crippen molar-refractivity contribution in [3.8, 4) is 0 Å². The minimum Gasteiger partial charge on any atom is -0.338 e. The zero-order chi connectivity index (χ0) is 17.9. The van der Waals surface area contributed by atoms with E-state index in [1.165, 1.54) is 11.1 Å². The molecule has 4 rings (SSSR count). The summed E-state index contributed by atoms with van der Waals surface area (Å²) in [7, 11) is 0. The number of nitrogens with one attached hydrogen (secondary N) is 2. The van der Waals surface area contributed by atoms with Gasteiger partial charge in [-0.1, -0.05) is 54.1 Å². The normalized spacial score (nSPS) is 27.1. The molecule has 2 saturated carbocycles. The molecule has 2 aliphatic rings. The molecule has 0 aliphatic heterocycles. The molecule has 0 saturated heterocycles. The van der Waals surface area contributed by atoms with Crippen LogP contribution in [0.4, 0.5) is 4.79 Å². The zero-order valence-electron chi connectivity index (χ0n) is 14.8. The van der Waals surface area contributed by atoms with E-state index in [0.717, 1.165) is 37.3 Å². The Kier molecular flexibility index (Phi) is 5.16. The molecule has 2 N–H and O–H groups in total. The van der Waals surface area contributed by atoms with Gasteiger partial charge in [0.1, 0.15) is 0 Å². The van der Waals surface area contributed by atoms with E-state index in [-0.39, 0.29) is 6.03 Å². The van der Waals surface area contributed by atoms with Crippen LogP contribution in [0.15, 0.2) is 54.6 Å². The average molecular weight is 369 g/mol. The number of carbonyl (C=O) groups excluding carboxylic acids is 1. The maximum atomic E-state index is 12.1. The average Bonchev–Trinajstić information content (AvgIpc) is 2.58. The third-order valence-corrected chi connectivity index (χ3v) is 6.12. The van der Waals surface area contributed by atoms with E-state index in [9.17, 15) is 4.79 Å². The van der Waals surface area contributed by atoms with E-state index in [2.05, 4.69) is 47.0 Å². The minimum atomic E-state index is -0.0172. The maximum Gasteiger partial charge on any atom is 0.315 e. The van der Waals surface area contributed by atoms with Gasteiger partial charge in [0.25, 0.3) is 0 Å². The number of hydrogen-bond acceptors (Lipinski definition) is 1. The van der Waals surface area contributed by atoms with Crippen molar-refractivity contribution in [1.29, 1.82) is 0 Å². The SMILES string of the molecule is O=C(NCC1CC(c2ccc(Cl)cc2)C1)NC1CC(c2ccccc2)C1. The highest BCUT2D eigenvalue weighted by Gasteiger charge is 2.32. The lowest BCUT2D eigenvalue weighted by molar-refractivity contribution is 0.211. The lowest BCUT2D eigenvalue weighted by atomic mass is 9.71. The van der Waals surface area contributed by atoms with Crippen LogP contribution in [0.3, 0.4) is 0 Å². The van der Waals surface area contributed by atoms with Gasteiger partial charge < -0.3 is 10.6 Å². The van der Waals surface area contributed by atoms with Crippen LogP contribution in [0, 0.1) is 5.92 Å². The van der Waals surface area contributed by atoms with E-state index < -0.39 is 0 Å². The smallest absolute Gasteiger partial charge is 0.315 e. The van der Waals surface area contributed by atoms with Crippen molar-refractivity contribution >= 4 is 17.6 Å². The van der Waals surface area contributed by atoms with Gasteiger partial charge in [-0.05, 0) is 66.7 Å². The molecule has 0 aromatic heterocycles. The quantitative estimate of drug-likeness (QED) is 0.759. The predicted octanol–water partition coefficient (Wildman–Crippen LogP) is 5.08. The molecule has 3 nitrogen and oxygen atoms in total. The van der Waals surface area contributed by atoms with Gasteiger partial charge in [-0.2, -0.15) is 0 Å². The standard InChI is InChI=1S/C22H25ClN2O/c23-20-8-6-17(7-9-20)18-10-15(11-18)14-24-22(26)25-21-12-19(13-21)16-4-2-1-3-5-16/h1-9,15,18-19,21H,10-14H2,(H2,24,25,26). The van der Waals surface area contributed by atoms with Crippen molar-refractivity contribution in [3.05, 3.63) is 70.7 Å². The number of carbonyl (C=O) groups is 1. The summed E-state index contributed by atoms with van der Waals surface area (Å²) in [6.07, 6.45) is 4.36. The monoisotopic (exact) mass is 368 g/mol. The fourth-order valence-corrected chi connectivity index (χ4v) is 4.24. The van der Waals surface area contributed by atoms with Gasteiger partial charge in [0.15, 0.2) is 0 Å². The molecule has 0 bridgehead atoms. The molecular formula is C22H25ClN2O. The van der Waals surface area contributed by atoms with Crippen molar-refractivity contribution in [3.63, 3.8) is 0 Å². The van der Waals surface area contributed by atoms with E-state index >= 15 is 0 Å². The Morgan fingerprint density at radius 3 is 2.19 bits per heavy atom. The van der Waals surface area contributed by atoms with Crippen LogP contribution in [0.2, 0.25) is 5.02 Å². The Bertz CT molecular complexity index is 734. The van der Waals surface area contributed by atoms with Crippen molar-refractivity contribution in [1.82, 2.24) is 10.6 Å². The Labute approximate surface area is 160 Å². The van der Waals surface area contributed by atoms with Crippen LogP contribution < -0.4 is 10.6 Å². The second kappa shape index (κ2) is 7.71. The second-order valence-corrected chi connectivity index (χ2v) is 8.15. The fraction of sp³-hybridized carbons (Fsp3) is 0.409. The Morgan fingerprint density at radius 2 is 1.50 bits per heavy atom. The molecule has 0 heterocycles. The van der Waals surface area contributed by atoms with Crippen LogP contribution in [0.5, 0.6) is 0 Å². The van der Waals surface area contributed by atoms with Gasteiger partial charge in [-0.25, -0.2) is 4.79 Å². The van der Waals surface area contributed by atoms with Crippen molar-refractivity contribution in [2.45, 2.75) is 43.6 Å². The first-order valence-corrected chi connectivity index (χ1v) is 9.90. The van der Waals surface area contributed by atoms with Crippen LogP contribution >= 0.6 is 11.6 Å². The summed E-state index contributed by atoms with van der Waals surface area (Å²) in [5.74, 6) is 1.79. The van der Waals surface area contributed by atoms with Gasteiger partial charge in [0.05, 0.1) is 0 Å². The topological polar surface area (TPSA) is 41.1 Å². The summed E-state index contributed by atoms with van der Waals surface area (Å²) in [5, 5.41) is 6.94. The van der Waals surface area contributed by atoms with E-state index in [1.807, 2.05) is 18.2 Å². The third kappa shape index (κ3) is 4.04. The Morgan fingerprint density at radius 1 is 0.885 bits per heavy atom. The zero-order valence-corrected chi connectivity index (χ0v) is 15.6. The molecule has 0 spiro atoms. The number of urea groups is 1. The van der Waals surface area contributed by atoms with Crippen LogP contribution in [0.25, 0.3) is 0 Å². The van der Waals surface area contributed by atoms with Gasteiger partial charge in [0.2, 0.25) is 0 Å². The van der Waals surface area contributed by atoms with Crippen molar-refractivity contribution in [2.24, 2.45) is 5.92 Å². The highest BCUT2D eigenvalue weighted by Crippen LogP contribution is 2.41. The van der Waals surface area contributed by atoms with E-state index in [4.69, 9.17) is 11.6 Å². The van der Waals surface area contributed by atoms with E-state index in [1.54, 1.807) is 0 Å². The second-order valence-electron chi connectivity index (χ2n) is 7.72. The van der Waals surface area contributed by atoms with E-state index in [0.29, 0.717) is 23.8 Å². The molecule has 2 aromatic carbocycles. The number of amides is 2. The molecular weight excluding hydrogens is 344 g/mol. The first kappa shape index (κ1) is 17.4. The van der Waals surface area contributed by atoms with Crippen molar-refractivity contribution in [2.75, 3.05) is 6.54 Å². The molecule has 2 amide bonds. The largest absolute Gasteiger partial charge is 0.338 e. The molecule has 136 valence electrons. The molecule has 2 aliphatic carbocycles. The third-order valence-electron chi connectivity index (χ3n) is 5.87. The first-order valence-electron chi connectivity index (χ1n) is 9.52. The van der Waals surface area contributed by atoms with Gasteiger partial charge in [0, 0.05) is 17.6 Å². The lowest BCUT2D eigenvalue weighted by Crippen LogP contribution is -2.49. The summed E-state index contributed by atoms with van der Waals surface area (Å²) < 4.78 is 0. The fourth-order valence-electron chi connectivity index (χ4n) is 4.12. The maximum absolute atomic E-state index is 12.1. The molecule has 26 heavy (non-hydrogen) atoms. The van der Waals surface area contributed by atoms with Gasteiger partial charge in [-0.3, -0.25) is 0 Å². The summed E-state index contributed by atoms with van der Waals surface area (Å²) in [6, 6.07) is 19.0. The van der Waals surface area contributed by atoms with Crippen molar-refractivity contribution < 1.29 is 4.79 Å². The predicted molar refractivity (Wildman–Crippen MR) is 106 cm³/mol. The summed E-state index contributed by atoms with van der Waals surface area (Å²) in [6.45, 7) is 0.769. The lowest BCUT2D eigenvalue weighted by Gasteiger charge is -2.37. The van der Waals surface area contributed by atoms with Crippen LogP contribution in [-0.2, 0) is 0 Å². The number of hydrogen-bond donors (Lipinski definition) is 2. The molecule has 0 atom stereocenters. The molecule has 4 heteroatoms. The molecule has 2 fully saturated rings.